The van der Waals surface area contributed by atoms with Gasteiger partial charge in [0.2, 0.25) is 0 Å². The number of halogens is 2. The van der Waals surface area contributed by atoms with Gasteiger partial charge < -0.3 is 14.7 Å². The highest BCUT2D eigenvalue weighted by molar-refractivity contribution is 8.04. The largest absolute Gasteiger partial charge is 0.477 e. The number of H-pyrrole nitrogens is 2. The number of hydrogen-bond acceptors (Lipinski definition) is 5. The van der Waals surface area contributed by atoms with Crippen LogP contribution < -0.4 is 5.56 Å². The van der Waals surface area contributed by atoms with E-state index in [1.54, 1.807) is 33.8 Å². The normalized spacial score (nSPS) is 21.1. The molecule has 2 unspecified atom stereocenters. The van der Waals surface area contributed by atoms with Crippen LogP contribution in [0.25, 0.3) is 16.8 Å². The SMILES string of the molecule is CC1(c2[nH]c(C3CCc4cc(-c5cc(Cl)ccc5-n5cn[nH]5)cc(=O)n43)nc2Cl)C=C(C(=O)O)SC1. The molecule has 1 aromatic carbocycles. The maximum Gasteiger partial charge on any atom is 0.341 e. The Morgan fingerprint density at radius 2 is 2.08 bits per heavy atom. The van der Waals surface area contributed by atoms with Crippen molar-refractivity contribution in [2.45, 2.75) is 31.2 Å². The molecule has 0 radical (unpaired) electrons. The van der Waals surface area contributed by atoms with Crippen LogP contribution in [0.4, 0.5) is 0 Å². The van der Waals surface area contributed by atoms with Crippen LogP contribution in [-0.4, -0.2) is 46.4 Å². The van der Waals surface area contributed by atoms with Crippen LogP contribution in [0.3, 0.4) is 0 Å². The highest BCUT2D eigenvalue weighted by Gasteiger charge is 2.38. The Bertz CT molecular complexity index is 1610. The molecule has 5 heterocycles. The predicted octanol–water partition coefficient (Wildman–Crippen LogP) is 4.57. The molecule has 4 aromatic rings. The lowest BCUT2D eigenvalue weighted by Gasteiger charge is -2.19. The number of carbonyl (C=O) groups is 1. The van der Waals surface area contributed by atoms with Crippen molar-refractivity contribution in [3.05, 3.63) is 85.4 Å². The molecule has 0 saturated heterocycles. The number of hydrogen-bond donors (Lipinski definition) is 3. The van der Waals surface area contributed by atoms with E-state index in [0.717, 1.165) is 22.5 Å². The molecule has 0 fully saturated rings. The van der Waals surface area contributed by atoms with Crippen LogP contribution in [0.15, 0.2) is 52.4 Å². The van der Waals surface area contributed by atoms with Crippen LogP contribution in [0.2, 0.25) is 10.2 Å². The fourth-order valence-corrected chi connectivity index (χ4v) is 6.64. The van der Waals surface area contributed by atoms with Crippen molar-refractivity contribution in [3.8, 4) is 16.8 Å². The first-order chi connectivity index (χ1) is 17.2. The number of benzene rings is 1. The number of imidazole rings is 1. The number of aryl methyl sites for hydroxylation is 1. The molecule has 2 atom stereocenters. The summed E-state index contributed by atoms with van der Waals surface area (Å²) in [4.78, 5) is 33.0. The van der Waals surface area contributed by atoms with E-state index in [1.807, 2.05) is 25.1 Å². The Morgan fingerprint density at radius 1 is 1.28 bits per heavy atom. The number of rotatable bonds is 5. The Labute approximate surface area is 219 Å². The molecule has 0 saturated carbocycles. The summed E-state index contributed by atoms with van der Waals surface area (Å²) in [5.74, 6) is 0.183. The van der Waals surface area contributed by atoms with Gasteiger partial charge in [-0.15, -0.1) is 16.9 Å². The van der Waals surface area contributed by atoms with Crippen LogP contribution in [0, 0.1) is 0 Å². The molecule has 2 aliphatic rings. The lowest BCUT2D eigenvalue weighted by atomic mass is 9.89. The van der Waals surface area contributed by atoms with E-state index < -0.39 is 11.4 Å². The zero-order chi connectivity index (χ0) is 25.2. The standard InChI is InChI=1S/C24H20Cl2N6O3S/c1-24(9-18(23(34)35)36-10-24)20-21(26)29-22(28-20)17-5-3-14-6-12(7-19(33)32(14)17)15-8-13(25)2-4-16(15)31-11-27-30-31/h2,4,6-9,11,17,30H,3,5,10H2,1H3,(H,28,29)(H,34,35). The highest BCUT2D eigenvalue weighted by atomic mass is 35.5. The van der Waals surface area contributed by atoms with Crippen LogP contribution in [-0.2, 0) is 16.6 Å². The number of carboxylic acid groups (broad SMARTS) is 1. The number of aromatic amines is 2. The van der Waals surface area contributed by atoms with E-state index in [1.165, 1.54) is 11.8 Å². The Balaban J connectivity index is 1.38. The molecule has 6 rings (SSSR count). The summed E-state index contributed by atoms with van der Waals surface area (Å²) in [5.41, 5.74) is 3.25. The quantitative estimate of drug-likeness (QED) is 0.339. The van der Waals surface area contributed by atoms with E-state index in [4.69, 9.17) is 23.2 Å². The molecule has 0 bridgehead atoms. The molecule has 36 heavy (non-hydrogen) atoms. The average Bonchev–Trinajstić information content (AvgIpc) is 3.51. The highest BCUT2D eigenvalue weighted by Crippen LogP contribution is 2.43. The van der Waals surface area contributed by atoms with E-state index in [2.05, 4.69) is 20.3 Å². The fourth-order valence-electron chi connectivity index (χ4n) is 4.96. The monoisotopic (exact) mass is 542 g/mol. The van der Waals surface area contributed by atoms with Gasteiger partial charge in [-0.1, -0.05) is 29.3 Å². The van der Waals surface area contributed by atoms with E-state index in [9.17, 15) is 14.7 Å². The molecular weight excluding hydrogens is 523 g/mol. The van der Waals surface area contributed by atoms with Gasteiger partial charge in [-0.2, -0.15) is 0 Å². The molecule has 184 valence electrons. The van der Waals surface area contributed by atoms with Gasteiger partial charge in [-0.25, -0.2) is 19.7 Å². The zero-order valence-corrected chi connectivity index (χ0v) is 21.3. The number of nitrogens with zero attached hydrogens (tertiary/aromatic N) is 4. The molecule has 3 N–H and O–H groups in total. The summed E-state index contributed by atoms with van der Waals surface area (Å²) in [6, 6.07) is 8.83. The molecule has 0 aliphatic carbocycles. The van der Waals surface area contributed by atoms with Gasteiger partial charge in [0.05, 0.1) is 22.3 Å². The van der Waals surface area contributed by atoms with E-state index >= 15 is 0 Å². The van der Waals surface area contributed by atoms with Gasteiger partial charge in [0.15, 0.2) is 5.15 Å². The van der Waals surface area contributed by atoms with Crippen molar-refractivity contribution >= 4 is 40.9 Å². The third-order valence-electron chi connectivity index (χ3n) is 6.75. The molecule has 2 aliphatic heterocycles. The molecule has 0 spiro atoms. The number of nitrogens with one attached hydrogen (secondary N) is 2. The topological polar surface area (TPSA) is 122 Å². The van der Waals surface area contributed by atoms with E-state index in [-0.39, 0.29) is 11.6 Å². The summed E-state index contributed by atoms with van der Waals surface area (Å²) in [6.45, 7) is 1.93. The number of allylic oxidation sites excluding steroid dienone is 1. The second-order valence-electron chi connectivity index (χ2n) is 9.18. The maximum absolute atomic E-state index is 13.4. The van der Waals surface area contributed by atoms with Crippen molar-refractivity contribution in [2.24, 2.45) is 0 Å². The number of thioether (sulfide) groups is 1. The lowest BCUT2D eigenvalue weighted by Crippen LogP contribution is -2.24. The van der Waals surface area contributed by atoms with Gasteiger partial charge in [-0.3, -0.25) is 4.79 Å². The van der Waals surface area contributed by atoms with Gasteiger partial charge in [-0.05, 0) is 49.6 Å². The second kappa shape index (κ2) is 8.43. The van der Waals surface area contributed by atoms with Crippen molar-refractivity contribution in [3.63, 3.8) is 0 Å². The summed E-state index contributed by atoms with van der Waals surface area (Å²) in [6.07, 6.45) is 4.74. The maximum atomic E-state index is 13.4. The predicted molar refractivity (Wildman–Crippen MR) is 138 cm³/mol. The number of fused-ring (bicyclic) bond motifs is 1. The number of pyridine rings is 1. The lowest BCUT2D eigenvalue weighted by molar-refractivity contribution is -0.131. The van der Waals surface area contributed by atoms with Crippen LogP contribution >= 0.6 is 35.0 Å². The molecule has 3 aromatic heterocycles. The van der Waals surface area contributed by atoms with Crippen molar-refractivity contribution in [1.29, 1.82) is 0 Å². The Morgan fingerprint density at radius 3 is 2.78 bits per heavy atom. The first-order valence-electron chi connectivity index (χ1n) is 11.2. The van der Waals surface area contributed by atoms with Gasteiger partial charge in [0.1, 0.15) is 12.2 Å². The number of carboxylic acids is 1. The van der Waals surface area contributed by atoms with Crippen molar-refractivity contribution in [1.82, 2.24) is 29.5 Å². The van der Waals surface area contributed by atoms with Crippen LogP contribution in [0.5, 0.6) is 0 Å². The van der Waals surface area contributed by atoms with Crippen molar-refractivity contribution < 1.29 is 9.90 Å². The summed E-state index contributed by atoms with van der Waals surface area (Å²) >= 11 is 14.1. The molecule has 12 heteroatoms. The summed E-state index contributed by atoms with van der Waals surface area (Å²) < 4.78 is 3.51. The number of aliphatic carboxylic acids is 1. The Kier molecular flexibility index (Phi) is 5.43. The summed E-state index contributed by atoms with van der Waals surface area (Å²) in [7, 11) is 0. The second-order valence-corrected chi connectivity index (χ2v) is 11.0. The van der Waals surface area contributed by atoms with Crippen molar-refractivity contribution in [2.75, 3.05) is 5.75 Å². The first kappa shape index (κ1) is 23.2. The average molecular weight is 543 g/mol. The minimum Gasteiger partial charge on any atom is -0.477 e. The van der Waals surface area contributed by atoms with Gasteiger partial charge in [0, 0.05) is 33.5 Å². The fraction of sp³-hybridized carbons (Fsp3) is 0.250. The first-order valence-corrected chi connectivity index (χ1v) is 13.0. The molecule has 9 nitrogen and oxygen atoms in total. The van der Waals surface area contributed by atoms with Crippen LogP contribution in [0.1, 0.15) is 36.6 Å². The van der Waals surface area contributed by atoms with Gasteiger partial charge in [0.25, 0.3) is 5.56 Å². The van der Waals surface area contributed by atoms with Gasteiger partial charge >= 0.3 is 5.97 Å². The number of aromatic nitrogens is 6. The smallest absolute Gasteiger partial charge is 0.341 e. The third-order valence-corrected chi connectivity index (χ3v) is 8.61. The summed E-state index contributed by atoms with van der Waals surface area (Å²) in [5, 5.41) is 17.0. The minimum atomic E-state index is -0.952. The minimum absolute atomic E-state index is 0.147. The molecular formula is C24H20Cl2N6O3S. The zero-order valence-electron chi connectivity index (χ0n) is 19.0. The third kappa shape index (κ3) is 3.71. The Hall–Kier alpha value is -3.21. The molecule has 0 amide bonds. The van der Waals surface area contributed by atoms with E-state index in [0.29, 0.717) is 45.2 Å².